The fraction of sp³-hybridized carbons (Fsp3) is 0.538. The highest BCUT2D eigenvalue weighted by atomic mass is 35.5. The van der Waals surface area contributed by atoms with Crippen molar-refractivity contribution in [1.29, 1.82) is 0 Å². The van der Waals surface area contributed by atoms with E-state index < -0.39 is 5.82 Å². The highest BCUT2D eigenvalue weighted by Gasteiger charge is 2.24. The number of halogens is 3. The van der Waals surface area contributed by atoms with Gasteiger partial charge in [-0.1, -0.05) is 6.92 Å². The largest absolute Gasteiger partial charge is 0.505 e. The number of rotatable bonds is 3. The van der Waals surface area contributed by atoms with Crippen LogP contribution in [0.2, 0.25) is 0 Å². The first kappa shape index (κ1) is 19.2. The molecule has 116 valence electrons. The third-order valence-electron chi connectivity index (χ3n) is 3.47. The predicted molar refractivity (Wildman–Crippen MR) is 84.4 cm³/mol. The van der Waals surface area contributed by atoms with Gasteiger partial charge in [-0.25, -0.2) is 4.39 Å². The molecule has 0 radical (unpaired) electrons. The maximum atomic E-state index is 13.4. The van der Waals surface area contributed by atoms with E-state index in [2.05, 4.69) is 10.2 Å². The van der Waals surface area contributed by atoms with Crippen LogP contribution in [0.15, 0.2) is 12.1 Å². The summed E-state index contributed by atoms with van der Waals surface area (Å²) in [5.41, 5.74) is 6.33. The first-order valence-corrected chi connectivity index (χ1v) is 6.36. The first-order chi connectivity index (χ1) is 8.63. The molecular formula is C13H22Cl2FN3O. The fourth-order valence-electron chi connectivity index (χ4n) is 2.56. The number of nitrogens with two attached hydrogens (primary N) is 1. The number of aromatic hydroxyl groups is 1. The quantitative estimate of drug-likeness (QED) is 0.589. The van der Waals surface area contributed by atoms with Crippen molar-refractivity contribution in [3.63, 3.8) is 0 Å². The Morgan fingerprint density at radius 2 is 1.95 bits per heavy atom. The Hall–Kier alpha value is -0.750. The van der Waals surface area contributed by atoms with Crippen molar-refractivity contribution in [3.8, 4) is 5.75 Å². The molecule has 20 heavy (non-hydrogen) atoms. The first-order valence-electron chi connectivity index (χ1n) is 6.36. The maximum absolute atomic E-state index is 13.4. The maximum Gasteiger partial charge on any atom is 0.143 e. The number of nitrogen functional groups attached to an aromatic ring is 1. The number of nitrogens with zero attached hydrogens (tertiary/aromatic N) is 1. The Bertz CT molecular complexity index is 428. The lowest BCUT2D eigenvalue weighted by Crippen LogP contribution is -2.45. The number of anilines is 1. The standard InChI is InChI=1S/C13H20FN3O.2ClH/c1-2-12(17-5-3-16-4-6-17)10-7-9(14)8-11(15)13(10)18;;/h7-8,12,16,18H,2-6,15H2,1H3;2*1H/t12-;;/m1../s1. The Labute approximate surface area is 131 Å². The van der Waals surface area contributed by atoms with Crippen molar-refractivity contribution in [2.24, 2.45) is 0 Å². The van der Waals surface area contributed by atoms with Gasteiger partial charge in [-0.3, -0.25) is 4.90 Å². The highest BCUT2D eigenvalue weighted by molar-refractivity contribution is 5.85. The topological polar surface area (TPSA) is 61.5 Å². The Balaban J connectivity index is 0.00000180. The zero-order valence-electron chi connectivity index (χ0n) is 11.4. The van der Waals surface area contributed by atoms with Crippen molar-refractivity contribution >= 4 is 30.5 Å². The second-order valence-electron chi connectivity index (χ2n) is 4.64. The van der Waals surface area contributed by atoms with Crippen LogP contribution in [0.4, 0.5) is 10.1 Å². The lowest BCUT2D eigenvalue weighted by molar-refractivity contribution is 0.166. The van der Waals surface area contributed by atoms with Gasteiger partial charge in [0.1, 0.15) is 11.6 Å². The van der Waals surface area contributed by atoms with Crippen molar-refractivity contribution in [3.05, 3.63) is 23.5 Å². The third-order valence-corrected chi connectivity index (χ3v) is 3.47. The van der Waals surface area contributed by atoms with Gasteiger partial charge in [0.25, 0.3) is 0 Å². The summed E-state index contributed by atoms with van der Waals surface area (Å²) >= 11 is 0. The molecule has 4 N–H and O–H groups in total. The summed E-state index contributed by atoms with van der Waals surface area (Å²) in [4.78, 5) is 2.25. The van der Waals surface area contributed by atoms with Gasteiger partial charge in [-0.2, -0.15) is 0 Å². The summed E-state index contributed by atoms with van der Waals surface area (Å²) in [6, 6.07) is 2.57. The number of nitrogens with one attached hydrogen (secondary N) is 1. The zero-order valence-corrected chi connectivity index (χ0v) is 13.1. The molecule has 0 unspecified atom stereocenters. The average molecular weight is 326 g/mol. The van der Waals surface area contributed by atoms with Gasteiger partial charge in [0.2, 0.25) is 0 Å². The normalized spacial score (nSPS) is 16.9. The van der Waals surface area contributed by atoms with E-state index in [0.717, 1.165) is 38.7 Å². The van der Waals surface area contributed by atoms with Gasteiger partial charge in [-0.05, 0) is 12.5 Å². The van der Waals surface area contributed by atoms with Gasteiger partial charge in [0, 0.05) is 43.9 Å². The Morgan fingerprint density at radius 3 is 2.50 bits per heavy atom. The van der Waals surface area contributed by atoms with Crippen molar-refractivity contribution in [2.45, 2.75) is 19.4 Å². The minimum atomic E-state index is -0.395. The average Bonchev–Trinajstić information content (AvgIpc) is 2.37. The van der Waals surface area contributed by atoms with E-state index in [1.807, 2.05) is 6.92 Å². The molecule has 0 aromatic heterocycles. The van der Waals surface area contributed by atoms with Crippen LogP contribution in [0.1, 0.15) is 24.9 Å². The van der Waals surface area contributed by atoms with Gasteiger partial charge in [-0.15, -0.1) is 24.8 Å². The van der Waals surface area contributed by atoms with Crippen LogP contribution in [0.3, 0.4) is 0 Å². The second kappa shape index (κ2) is 8.52. The molecule has 0 bridgehead atoms. The Morgan fingerprint density at radius 1 is 1.35 bits per heavy atom. The number of phenols is 1. The molecule has 2 rings (SSSR count). The second-order valence-corrected chi connectivity index (χ2v) is 4.64. The van der Waals surface area contributed by atoms with Gasteiger partial charge in [0.05, 0.1) is 5.69 Å². The molecule has 1 heterocycles. The van der Waals surface area contributed by atoms with Crippen LogP contribution in [-0.4, -0.2) is 36.2 Å². The van der Waals surface area contributed by atoms with E-state index in [9.17, 15) is 9.50 Å². The van der Waals surface area contributed by atoms with Crippen molar-refractivity contribution < 1.29 is 9.50 Å². The smallest absolute Gasteiger partial charge is 0.143 e. The van der Waals surface area contributed by atoms with E-state index in [0.29, 0.717) is 5.56 Å². The van der Waals surface area contributed by atoms with Crippen LogP contribution < -0.4 is 11.1 Å². The summed E-state index contributed by atoms with van der Waals surface area (Å²) in [5.74, 6) is -0.379. The molecule has 1 aromatic rings. The monoisotopic (exact) mass is 325 g/mol. The summed E-state index contributed by atoms with van der Waals surface area (Å²) in [6.45, 7) is 5.67. The third kappa shape index (κ3) is 4.12. The molecule has 0 aliphatic carbocycles. The molecule has 1 aliphatic rings. The summed E-state index contributed by atoms with van der Waals surface area (Å²) in [6.07, 6.45) is 0.816. The van der Waals surface area contributed by atoms with Gasteiger partial charge < -0.3 is 16.2 Å². The molecule has 0 spiro atoms. The van der Waals surface area contributed by atoms with E-state index >= 15 is 0 Å². The van der Waals surface area contributed by atoms with Crippen LogP contribution in [-0.2, 0) is 0 Å². The summed E-state index contributed by atoms with van der Waals surface area (Å²) in [7, 11) is 0. The van der Waals surface area contributed by atoms with Crippen LogP contribution in [0, 0.1) is 5.82 Å². The minimum Gasteiger partial charge on any atom is -0.505 e. The van der Waals surface area contributed by atoms with E-state index in [-0.39, 0.29) is 42.3 Å². The number of phenolic OH excluding ortho intramolecular Hbond substituents is 1. The number of hydrogen-bond donors (Lipinski definition) is 3. The molecule has 0 saturated carbocycles. The number of piperazine rings is 1. The van der Waals surface area contributed by atoms with E-state index in [4.69, 9.17) is 5.73 Å². The van der Waals surface area contributed by atoms with Crippen LogP contribution in [0.5, 0.6) is 5.75 Å². The van der Waals surface area contributed by atoms with Gasteiger partial charge in [0.15, 0.2) is 0 Å². The van der Waals surface area contributed by atoms with Crippen molar-refractivity contribution in [2.75, 3.05) is 31.9 Å². The fourth-order valence-corrected chi connectivity index (χ4v) is 2.56. The van der Waals surface area contributed by atoms with Crippen molar-refractivity contribution in [1.82, 2.24) is 10.2 Å². The van der Waals surface area contributed by atoms with Gasteiger partial charge >= 0.3 is 0 Å². The van der Waals surface area contributed by atoms with Crippen LogP contribution >= 0.6 is 24.8 Å². The molecule has 1 saturated heterocycles. The highest BCUT2D eigenvalue weighted by Crippen LogP contribution is 2.35. The summed E-state index contributed by atoms with van der Waals surface area (Å²) < 4.78 is 13.4. The molecule has 1 fully saturated rings. The molecule has 0 amide bonds. The lowest BCUT2D eigenvalue weighted by Gasteiger charge is -2.35. The number of benzene rings is 1. The molecular weight excluding hydrogens is 304 g/mol. The number of hydrogen-bond acceptors (Lipinski definition) is 4. The predicted octanol–water partition coefficient (Wildman–Crippen LogP) is 2.31. The molecule has 1 atom stereocenters. The zero-order chi connectivity index (χ0) is 13.1. The molecule has 1 aromatic carbocycles. The molecule has 1 aliphatic heterocycles. The van der Waals surface area contributed by atoms with E-state index in [1.54, 1.807) is 0 Å². The Kier molecular flexibility index (Phi) is 8.20. The lowest BCUT2D eigenvalue weighted by atomic mass is 10.00. The molecule has 7 heteroatoms. The van der Waals surface area contributed by atoms with E-state index in [1.165, 1.54) is 6.07 Å². The SMILES string of the molecule is CC[C@H](c1cc(F)cc(N)c1O)N1CCNCC1.Cl.Cl. The summed E-state index contributed by atoms with van der Waals surface area (Å²) in [5, 5.41) is 13.3. The van der Waals surface area contributed by atoms with Crippen LogP contribution in [0.25, 0.3) is 0 Å². The minimum absolute atomic E-state index is 0. The molecule has 4 nitrogen and oxygen atoms in total.